The molecule has 0 atom stereocenters. The molecule has 0 spiro atoms. The van der Waals surface area contributed by atoms with Gasteiger partial charge in [0, 0.05) is 23.7 Å². The maximum Gasteiger partial charge on any atom is 0.260 e. The van der Waals surface area contributed by atoms with E-state index in [1.165, 1.54) is 23.5 Å². The lowest BCUT2D eigenvalue weighted by Gasteiger charge is -2.25. The van der Waals surface area contributed by atoms with Crippen molar-refractivity contribution in [2.45, 2.75) is 25.7 Å². The number of hydrogen-bond donors (Lipinski definition) is 0. The second-order valence-electron chi connectivity index (χ2n) is 7.02. The molecule has 0 unspecified atom stereocenters. The Kier molecular flexibility index (Phi) is 9.48. The summed E-state index contributed by atoms with van der Waals surface area (Å²) in [6.07, 6.45) is 0. The molecule has 1 amide bonds. The number of thiazole rings is 1. The Balaban J connectivity index is 0.00000363. The SMILES string of the molecule is CCN(CC)CCN(C(=O)c1cccc(S(=O)(=O)CC)c1)c1nc2ccc(Cl)cc2s1.Cl. The molecule has 174 valence electrons. The van der Waals surface area contributed by atoms with Crippen LogP contribution in [0.15, 0.2) is 47.4 Å². The molecule has 3 rings (SSSR count). The number of likely N-dealkylation sites (N-methyl/N-ethyl adjacent to an activating group) is 1. The molecule has 0 radical (unpaired) electrons. The summed E-state index contributed by atoms with van der Waals surface area (Å²) in [5.41, 5.74) is 1.10. The normalized spacial score (nSPS) is 11.5. The van der Waals surface area contributed by atoms with Gasteiger partial charge in [-0.25, -0.2) is 13.4 Å². The molecule has 0 N–H and O–H groups in total. The van der Waals surface area contributed by atoms with Gasteiger partial charge in [0.2, 0.25) is 0 Å². The van der Waals surface area contributed by atoms with Gasteiger partial charge >= 0.3 is 0 Å². The second-order valence-corrected chi connectivity index (χ2v) is 10.7. The summed E-state index contributed by atoms with van der Waals surface area (Å²) in [5.74, 6) is -0.292. The van der Waals surface area contributed by atoms with E-state index in [-0.39, 0.29) is 29.0 Å². The fourth-order valence-corrected chi connectivity index (χ4v) is 5.40. The number of fused-ring (bicyclic) bond motifs is 1. The Morgan fingerprint density at radius 3 is 2.44 bits per heavy atom. The number of amides is 1. The summed E-state index contributed by atoms with van der Waals surface area (Å²) in [5, 5.41) is 1.18. The van der Waals surface area contributed by atoms with Crippen molar-refractivity contribution in [3.8, 4) is 0 Å². The number of aromatic nitrogens is 1. The number of carbonyl (C=O) groups excluding carboxylic acids is 1. The summed E-state index contributed by atoms with van der Waals surface area (Å²) >= 11 is 7.51. The molecule has 0 aliphatic heterocycles. The predicted molar refractivity (Wildman–Crippen MR) is 136 cm³/mol. The third-order valence-corrected chi connectivity index (χ3v) is 8.18. The van der Waals surface area contributed by atoms with Crippen LogP contribution in [0.1, 0.15) is 31.1 Å². The summed E-state index contributed by atoms with van der Waals surface area (Å²) < 4.78 is 25.5. The minimum Gasteiger partial charge on any atom is -0.302 e. The highest BCUT2D eigenvalue weighted by Gasteiger charge is 2.23. The third kappa shape index (κ3) is 5.99. The number of anilines is 1. The van der Waals surface area contributed by atoms with Gasteiger partial charge in [0.05, 0.1) is 20.9 Å². The van der Waals surface area contributed by atoms with Crippen molar-refractivity contribution in [3.63, 3.8) is 0 Å². The summed E-state index contributed by atoms with van der Waals surface area (Å²) in [6, 6.07) is 11.7. The number of nitrogens with zero attached hydrogens (tertiary/aromatic N) is 3. The molecule has 3 aromatic rings. The van der Waals surface area contributed by atoms with Crippen molar-refractivity contribution in [1.29, 1.82) is 0 Å². The molecule has 1 aromatic heterocycles. The topological polar surface area (TPSA) is 70.6 Å². The first-order valence-corrected chi connectivity index (χ1v) is 13.1. The van der Waals surface area contributed by atoms with Crippen molar-refractivity contribution in [2.75, 3.05) is 36.8 Å². The molecule has 2 aromatic carbocycles. The van der Waals surface area contributed by atoms with E-state index in [4.69, 9.17) is 11.6 Å². The lowest BCUT2D eigenvalue weighted by atomic mass is 10.2. The van der Waals surface area contributed by atoms with Crippen molar-refractivity contribution >= 4 is 66.4 Å². The minimum atomic E-state index is -3.41. The van der Waals surface area contributed by atoms with Crippen molar-refractivity contribution in [1.82, 2.24) is 9.88 Å². The van der Waals surface area contributed by atoms with Crippen LogP contribution in [-0.2, 0) is 9.84 Å². The molecular formula is C22H27Cl2N3O3S2. The zero-order chi connectivity index (χ0) is 22.6. The Labute approximate surface area is 204 Å². The van der Waals surface area contributed by atoms with Gasteiger partial charge in [-0.15, -0.1) is 12.4 Å². The van der Waals surface area contributed by atoms with Gasteiger partial charge in [0.1, 0.15) is 0 Å². The maximum absolute atomic E-state index is 13.5. The molecule has 0 aliphatic carbocycles. The molecule has 0 fully saturated rings. The number of hydrogen-bond acceptors (Lipinski definition) is 6. The van der Waals surface area contributed by atoms with E-state index < -0.39 is 9.84 Å². The van der Waals surface area contributed by atoms with E-state index in [1.807, 2.05) is 12.1 Å². The Morgan fingerprint density at radius 1 is 1.06 bits per heavy atom. The summed E-state index contributed by atoms with van der Waals surface area (Å²) in [4.78, 5) is 22.2. The number of rotatable bonds is 9. The van der Waals surface area contributed by atoms with Crippen LogP contribution >= 0.6 is 35.3 Å². The Morgan fingerprint density at radius 2 is 1.78 bits per heavy atom. The lowest BCUT2D eigenvalue weighted by molar-refractivity contribution is 0.0983. The minimum absolute atomic E-state index is 0. The van der Waals surface area contributed by atoms with Crippen LogP contribution in [0, 0.1) is 0 Å². The van der Waals surface area contributed by atoms with Crippen LogP contribution in [0.4, 0.5) is 5.13 Å². The fourth-order valence-electron chi connectivity index (χ4n) is 3.21. The lowest BCUT2D eigenvalue weighted by Crippen LogP contribution is -2.39. The zero-order valence-electron chi connectivity index (χ0n) is 18.2. The second kappa shape index (κ2) is 11.4. The number of benzene rings is 2. The fraction of sp³-hybridized carbons (Fsp3) is 0.364. The molecule has 32 heavy (non-hydrogen) atoms. The summed E-state index contributed by atoms with van der Waals surface area (Å²) in [6.45, 7) is 8.62. The Hall–Kier alpha value is -1.71. The van der Waals surface area contributed by atoms with Gasteiger partial charge in [-0.2, -0.15) is 0 Å². The van der Waals surface area contributed by atoms with Crippen LogP contribution < -0.4 is 4.90 Å². The number of halogens is 2. The first kappa shape index (κ1) is 26.5. The Bertz CT molecular complexity index is 1180. The van der Waals surface area contributed by atoms with Gasteiger partial charge in [-0.3, -0.25) is 9.69 Å². The van der Waals surface area contributed by atoms with Gasteiger partial charge in [-0.1, -0.05) is 49.8 Å². The molecule has 0 bridgehead atoms. The van der Waals surface area contributed by atoms with Crippen LogP contribution in [0.25, 0.3) is 10.2 Å². The van der Waals surface area contributed by atoms with Crippen LogP contribution in [-0.4, -0.2) is 56.1 Å². The van der Waals surface area contributed by atoms with Gasteiger partial charge in [0.25, 0.3) is 5.91 Å². The van der Waals surface area contributed by atoms with E-state index in [1.54, 1.807) is 30.0 Å². The van der Waals surface area contributed by atoms with E-state index in [9.17, 15) is 13.2 Å². The highest BCUT2D eigenvalue weighted by Crippen LogP contribution is 2.31. The molecule has 0 aliphatic rings. The van der Waals surface area contributed by atoms with Gasteiger partial charge in [0.15, 0.2) is 15.0 Å². The smallest absolute Gasteiger partial charge is 0.260 e. The van der Waals surface area contributed by atoms with Crippen LogP contribution in [0.5, 0.6) is 0 Å². The number of sulfone groups is 1. The summed E-state index contributed by atoms with van der Waals surface area (Å²) in [7, 11) is -3.41. The van der Waals surface area contributed by atoms with Crippen LogP contribution in [0.3, 0.4) is 0 Å². The van der Waals surface area contributed by atoms with E-state index in [0.717, 1.165) is 23.3 Å². The molecular weight excluding hydrogens is 489 g/mol. The molecule has 10 heteroatoms. The first-order chi connectivity index (χ1) is 14.8. The predicted octanol–water partition coefficient (Wildman–Crippen LogP) is 5.15. The molecule has 0 saturated heterocycles. The van der Waals surface area contributed by atoms with Gasteiger partial charge in [-0.05, 0) is 49.5 Å². The molecule has 0 saturated carbocycles. The van der Waals surface area contributed by atoms with E-state index in [0.29, 0.717) is 28.8 Å². The van der Waals surface area contributed by atoms with E-state index in [2.05, 4.69) is 23.7 Å². The molecule has 6 nitrogen and oxygen atoms in total. The first-order valence-electron chi connectivity index (χ1n) is 10.2. The molecule has 1 heterocycles. The van der Waals surface area contributed by atoms with Crippen molar-refractivity contribution in [3.05, 3.63) is 53.1 Å². The van der Waals surface area contributed by atoms with Crippen molar-refractivity contribution in [2.24, 2.45) is 0 Å². The van der Waals surface area contributed by atoms with E-state index >= 15 is 0 Å². The largest absolute Gasteiger partial charge is 0.302 e. The van der Waals surface area contributed by atoms with Crippen LogP contribution in [0.2, 0.25) is 5.02 Å². The van der Waals surface area contributed by atoms with Gasteiger partial charge < -0.3 is 4.90 Å². The zero-order valence-corrected chi connectivity index (χ0v) is 21.5. The average Bonchev–Trinajstić information content (AvgIpc) is 3.19. The average molecular weight is 517 g/mol. The third-order valence-electron chi connectivity index (χ3n) is 5.17. The maximum atomic E-state index is 13.5. The highest BCUT2D eigenvalue weighted by atomic mass is 35.5. The van der Waals surface area contributed by atoms with Crippen molar-refractivity contribution < 1.29 is 13.2 Å². The quantitative estimate of drug-likeness (QED) is 0.393. The monoisotopic (exact) mass is 515 g/mol. The highest BCUT2D eigenvalue weighted by molar-refractivity contribution is 7.91. The number of carbonyl (C=O) groups is 1. The standard InChI is InChI=1S/C22H26ClN3O3S2.ClH/c1-4-25(5-2)12-13-26(22-24-19-11-10-17(23)15-20(19)30-22)21(27)16-8-7-9-18(14-16)31(28,29)6-3;/h7-11,14-15H,4-6,12-13H2,1-3H3;1H.